The van der Waals surface area contributed by atoms with Gasteiger partial charge < -0.3 is 18.9 Å². The summed E-state index contributed by atoms with van der Waals surface area (Å²) < 4.78 is 23.3. The summed E-state index contributed by atoms with van der Waals surface area (Å²) in [6, 6.07) is 0. The van der Waals surface area contributed by atoms with Gasteiger partial charge in [-0.05, 0) is 20.8 Å². The second-order valence-corrected chi connectivity index (χ2v) is 5.26. The van der Waals surface area contributed by atoms with Crippen molar-refractivity contribution in [3.63, 3.8) is 0 Å². The first-order valence-electron chi connectivity index (χ1n) is 6.18. The zero-order valence-electron chi connectivity index (χ0n) is 11.0. The summed E-state index contributed by atoms with van der Waals surface area (Å²) >= 11 is 0. The van der Waals surface area contributed by atoms with Crippen molar-refractivity contribution < 1.29 is 18.9 Å². The highest BCUT2D eigenvalue weighted by molar-refractivity contribution is 4.93. The highest BCUT2D eigenvalue weighted by Crippen LogP contribution is 2.40. The summed E-state index contributed by atoms with van der Waals surface area (Å²) in [6.07, 6.45) is 1.48. The van der Waals surface area contributed by atoms with Crippen LogP contribution in [0.1, 0.15) is 27.7 Å². The molecule has 0 spiro atoms. The Morgan fingerprint density at radius 1 is 1.24 bits per heavy atom. The van der Waals surface area contributed by atoms with E-state index in [1.165, 1.54) is 0 Å². The normalized spacial score (nSPS) is 44.4. The second-order valence-electron chi connectivity index (χ2n) is 5.26. The molecule has 0 aliphatic carbocycles. The highest BCUT2D eigenvalue weighted by atomic mass is 16.8. The molecule has 0 amide bonds. The van der Waals surface area contributed by atoms with Crippen LogP contribution in [0.2, 0.25) is 0 Å². The van der Waals surface area contributed by atoms with Gasteiger partial charge in [0.15, 0.2) is 12.1 Å². The first kappa shape index (κ1) is 13.0. The van der Waals surface area contributed by atoms with E-state index in [0.29, 0.717) is 6.61 Å². The van der Waals surface area contributed by atoms with Crippen molar-refractivity contribution in [1.82, 2.24) is 0 Å². The van der Waals surface area contributed by atoms with Crippen LogP contribution in [0.5, 0.6) is 0 Å². The van der Waals surface area contributed by atoms with E-state index in [-0.39, 0.29) is 30.5 Å². The van der Waals surface area contributed by atoms with E-state index in [1.807, 2.05) is 20.8 Å². The molecule has 0 N–H and O–H groups in total. The van der Waals surface area contributed by atoms with Gasteiger partial charge >= 0.3 is 0 Å². The summed E-state index contributed by atoms with van der Waals surface area (Å²) in [5.41, 5.74) is 0. The monoisotopic (exact) mass is 242 g/mol. The minimum absolute atomic E-state index is 0.0106. The van der Waals surface area contributed by atoms with Crippen molar-refractivity contribution in [3.8, 4) is 0 Å². The van der Waals surface area contributed by atoms with E-state index in [1.54, 1.807) is 6.08 Å². The van der Waals surface area contributed by atoms with Crippen LogP contribution < -0.4 is 0 Å². The largest absolute Gasteiger partial charge is 0.348 e. The van der Waals surface area contributed by atoms with Gasteiger partial charge in [-0.25, -0.2) is 0 Å². The van der Waals surface area contributed by atoms with Crippen LogP contribution in [0.3, 0.4) is 0 Å². The molecule has 0 aromatic carbocycles. The van der Waals surface area contributed by atoms with Gasteiger partial charge in [0.2, 0.25) is 0 Å². The lowest BCUT2D eigenvalue weighted by Crippen LogP contribution is -2.51. The zero-order valence-corrected chi connectivity index (χ0v) is 11.0. The number of rotatable bonds is 3. The Bertz CT molecular complexity index is 289. The Morgan fingerprint density at radius 2 is 1.88 bits per heavy atom. The van der Waals surface area contributed by atoms with Gasteiger partial charge in [0.25, 0.3) is 0 Å². The lowest BCUT2D eigenvalue weighted by Gasteiger charge is -2.39. The van der Waals surface area contributed by atoms with Crippen molar-refractivity contribution in [1.29, 1.82) is 0 Å². The summed E-state index contributed by atoms with van der Waals surface area (Å²) in [6.45, 7) is 12.1. The summed E-state index contributed by atoms with van der Waals surface area (Å²) in [5, 5.41) is 0. The number of ether oxygens (including phenoxy) is 4. The fourth-order valence-corrected chi connectivity index (χ4v) is 2.51. The topological polar surface area (TPSA) is 36.9 Å². The number of hydrogen-bond acceptors (Lipinski definition) is 4. The minimum Gasteiger partial charge on any atom is -0.348 e. The van der Waals surface area contributed by atoms with Gasteiger partial charge in [-0.3, -0.25) is 0 Å². The minimum atomic E-state index is -0.533. The van der Waals surface area contributed by atoms with Crippen LogP contribution in [-0.2, 0) is 18.9 Å². The van der Waals surface area contributed by atoms with Gasteiger partial charge in [0, 0.05) is 5.92 Å². The summed E-state index contributed by atoms with van der Waals surface area (Å²) in [5.74, 6) is -0.382. The highest BCUT2D eigenvalue weighted by Gasteiger charge is 2.52. The van der Waals surface area contributed by atoms with Crippen LogP contribution in [-0.4, -0.2) is 37.0 Å². The number of hydrogen-bond donors (Lipinski definition) is 0. The lowest BCUT2D eigenvalue weighted by atomic mass is 9.93. The molecule has 0 aromatic rings. The Morgan fingerprint density at radius 3 is 2.53 bits per heavy atom. The van der Waals surface area contributed by atoms with Crippen LogP contribution in [0.15, 0.2) is 12.7 Å². The predicted molar refractivity (Wildman–Crippen MR) is 63.5 cm³/mol. The first-order chi connectivity index (χ1) is 7.94. The first-order valence-corrected chi connectivity index (χ1v) is 6.18. The van der Waals surface area contributed by atoms with Gasteiger partial charge in [-0.2, -0.15) is 0 Å². The molecule has 2 heterocycles. The van der Waals surface area contributed by atoms with Gasteiger partial charge in [0.1, 0.15) is 6.10 Å². The maximum atomic E-state index is 5.94. The molecular weight excluding hydrogens is 220 g/mol. The van der Waals surface area contributed by atoms with Crippen molar-refractivity contribution in [3.05, 3.63) is 12.7 Å². The summed E-state index contributed by atoms with van der Waals surface area (Å²) in [7, 11) is 0. The third-order valence-corrected chi connectivity index (χ3v) is 3.30. The van der Waals surface area contributed by atoms with E-state index in [0.717, 1.165) is 0 Å². The zero-order chi connectivity index (χ0) is 12.6. The molecule has 2 unspecified atom stereocenters. The fraction of sp³-hybridized carbons (Fsp3) is 0.846. The molecular formula is C13H22O4. The average Bonchev–Trinajstić information content (AvgIpc) is 2.58. The molecule has 0 aromatic heterocycles. The molecule has 2 aliphatic heterocycles. The molecule has 2 saturated heterocycles. The molecule has 2 fully saturated rings. The Kier molecular flexibility index (Phi) is 3.59. The van der Waals surface area contributed by atoms with Crippen LogP contribution >= 0.6 is 0 Å². The Labute approximate surface area is 103 Å². The summed E-state index contributed by atoms with van der Waals surface area (Å²) in [4.78, 5) is 0. The Hall–Kier alpha value is -0.420. The second kappa shape index (κ2) is 4.69. The maximum absolute atomic E-state index is 5.94. The molecule has 0 bridgehead atoms. The molecule has 17 heavy (non-hydrogen) atoms. The quantitative estimate of drug-likeness (QED) is 0.710. The Balaban J connectivity index is 2.07. The van der Waals surface area contributed by atoms with Crippen LogP contribution in [0.25, 0.3) is 0 Å². The van der Waals surface area contributed by atoms with E-state index in [9.17, 15) is 0 Å². The molecule has 0 radical (unpaired) electrons. The van der Waals surface area contributed by atoms with Crippen LogP contribution in [0.4, 0.5) is 0 Å². The van der Waals surface area contributed by atoms with Crippen molar-refractivity contribution in [2.24, 2.45) is 5.92 Å². The average molecular weight is 242 g/mol. The molecule has 2 aliphatic rings. The number of fused-ring (bicyclic) bond motifs is 1. The van der Waals surface area contributed by atoms with Crippen molar-refractivity contribution in [2.75, 3.05) is 6.61 Å². The SMILES string of the molecule is C=CCO[C@H]1OC(C)[C@@H]2OC(C)(C)O[C@@H]2C1C. The maximum Gasteiger partial charge on any atom is 0.163 e. The van der Waals surface area contributed by atoms with Crippen LogP contribution in [0, 0.1) is 5.92 Å². The molecule has 2 rings (SSSR count). The van der Waals surface area contributed by atoms with E-state index in [4.69, 9.17) is 18.9 Å². The fourth-order valence-electron chi connectivity index (χ4n) is 2.51. The van der Waals surface area contributed by atoms with Gasteiger partial charge in [-0.15, -0.1) is 6.58 Å². The smallest absolute Gasteiger partial charge is 0.163 e. The molecule has 4 heteroatoms. The third kappa shape index (κ3) is 2.55. The van der Waals surface area contributed by atoms with E-state index in [2.05, 4.69) is 13.5 Å². The molecule has 4 nitrogen and oxygen atoms in total. The lowest BCUT2D eigenvalue weighted by molar-refractivity contribution is -0.248. The molecule has 0 saturated carbocycles. The van der Waals surface area contributed by atoms with Crippen molar-refractivity contribution in [2.45, 2.75) is 58.1 Å². The van der Waals surface area contributed by atoms with E-state index >= 15 is 0 Å². The molecule has 98 valence electrons. The standard InChI is InChI=1S/C13H22O4/c1-6-7-14-12-8(2)10-11(9(3)15-12)17-13(4,5)16-10/h6,8-12H,1,7H2,2-5H3/t8?,9?,10-,11+,12+/m1/s1. The van der Waals surface area contributed by atoms with Crippen molar-refractivity contribution >= 4 is 0 Å². The van der Waals surface area contributed by atoms with E-state index < -0.39 is 5.79 Å². The van der Waals surface area contributed by atoms with Gasteiger partial charge in [0.05, 0.1) is 18.8 Å². The third-order valence-electron chi connectivity index (χ3n) is 3.30. The molecule has 5 atom stereocenters. The van der Waals surface area contributed by atoms with Gasteiger partial charge in [-0.1, -0.05) is 13.0 Å². The predicted octanol–water partition coefficient (Wildman–Crippen LogP) is 2.09.